The number of hydrogen-bond donors (Lipinski definition) is 1. The van der Waals surface area contributed by atoms with Gasteiger partial charge >= 0.3 is 0 Å². The summed E-state index contributed by atoms with van der Waals surface area (Å²) >= 11 is 1.36. The molecule has 1 N–H and O–H groups in total. The summed E-state index contributed by atoms with van der Waals surface area (Å²) in [5.74, 6) is -1.22. The van der Waals surface area contributed by atoms with Crippen molar-refractivity contribution >= 4 is 29.0 Å². The highest BCUT2D eigenvalue weighted by Gasteiger charge is 2.20. The Morgan fingerprint density at radius 2 is 1.87 bits per heavy atom. The zero-order chi connectivity index (χ0) is 21.1. The minimum Gasteiger partial charge on any atom is -0.378 e. The molecule has 0 spiro atoms. The van der Waals surface area contributed by atoms with Crippen molar-refractivity contribution in [2.75, 3.05) is 42.8 Å². The molecular formula is C21H20F2N4O2S. The summed E-state index contributed by atoms with van der Waals surface area (Å²) in [7, 11) is 0. The van der Waals surface area contributed by atoms with Crippen LogP contribution in [-0.2, 0) is 4.74 Å². The van der Waals surface area contributed by atoms with Crippen molar-refractivity contribution < 1.29 is 18.3 Å². The molecule has 9 heteroatoms. The third-order valence-corrected chi connectivity index (χ3v) is 5.44. The zero-order valence-electron chi connectivity index (χ0n) is 16.3. The van der Waals surface area contributed by atoms with Crippen molar-refractivity contribution in [1.29, 1.82) is 0 Å². The van der Waals surface area contributed by atoms with E-state index >= 15 is 0 Å². The van der Waals surface area contributed by atoms with E-state index in [4.69, 9.17) is 4.74 Å². The maximum absolute atomic E-state index is 14.6. The van der Waals surface area contributed by atoms with Gasteiger partial charge < -0.3 is 15.0 Å². The second-order valence-electron chi connectivity index (χ2n) is 6.66. The molecule has 1 amide bonds. The monoisotopic (exact) mass is 430 g/mol. The molecule has 1 aromatic heterocycles. The molecular weight excluding hydrogens is 410 g/mol. The Balaban J connectivity index is 1.58. The molecule has 30 heavy (non-hydrogen) atoms. The highest BCUT2D eigenvalue weighted by Crippen LogP contribution is 2.26. The number of rotatable bonds is 5. The standard InChI is InChI=1S/C21H20F2N4O2S/c1-30-21-24-13-19(27(21)16-5-2-14(22)3-6-16)20(28)25-15-4-7-18(17(23)12-15)26-8-10-29-11-9-26/h2-7,12-13H,8-11H2,1H3,(H,25,28). The van der Waals surface area contributed by atoms with Crippen LogP contribution in [0.25, 0.3) is 5.69 Å². The van der Waals surface area contributed by atoms with Crippen LogP contribution in [0.15, 0.2) is 53.8 Å². The van der Waals surface area contributed by atoms with Crippen LogP contribution in [0.4, 0.5) is 20.2 Å². The molecule has 2 heterocycles. The van der Waals surface area contributed by atoms with Gasteiger partial charge in [-0.15, -0.1) is 0 Å². The Hall–Kier alpha value is -2.91. The first-order valence-corrected chi connectivity index (χ1v) is 10.6. The van der Waals surface area contributed by atoms with Crippen molar-refractivity contribution in [1.82, 2.24) is 9.55 Å². The molecule has 2 aromatic carbocycles. The van der Waals surface area contributed by atoms with Gasteiger partial charge in [0.05, 0.1) is 25.1 Å². The summed E-state index contributed by atoms with van der Waals surface area (Å²) in [4.78, 5) is 19.1. The second kappa shape index (κ2) is 8.85. The van der Waals surface area contributed by atoms with Gasteiger partial charge in [-0.2, -0.15) is 0 Å². The number of amides is 1. The number of nitrogens with zero attached hydrogens (tertiary/aromatic N) is 3. The van der Waals surface area contributed by atoms with Gasteiger partial charge in [-0.25, -0.2) is 13.8 Å². The van der Waals surface area contributed by atoms with Crippen LogP contribution in [-0.4, -0.2) is 48.0 Å². The van der Waals surface area contributed by atoms with Crippen LogP contribution in [0, 0.1) is 11.6 Å². The Morgan fingerprint density at radius 1 is 1.13 bits per heavy atom. The SMILES string of the molecule is CSc1ncc(C(=O)Nc2ccc(N3CCOCC3)c(F)c2)n1-c1ccc(F)cc1. The smallest absolute Gasteiger partial charge is 0.274 e. The number of anilines is 2. The lowest BCUT2D eigenvalue weighted by atomic mass is 10.2. The van der Waals surface area contributed by atoms with Gasteiger partial charge in [-0.1, -0.05) is 11.8 Å². The predicted molar refractivity (Wildman–Crippen MR) is 113 cm³/mol. The highest BCUT2D eigenvalue weighted by atomic mass is 32.2. The average molecular weight is 430 g/mol. The van der Waals surface area contributed by atoms with E-state index in [1.54, 1.807) is 28.8 Å². The van der Waals surface area contributed by atoms with Crippen LogP contribution < -0.4 is 10.2 Å². The van der Waals surface area contributed by atoms with Crippen molar-refractivity contribution in [2.45, 2.75) is 5.16 Å². The normalized spacial score (nSPS) is 14.0. The maximum Gasteiger partial charge on any atom is 0.274 e. The number of hydrogen-bond acceptors (Lipinski definition) is 5. The topological polar surface area (TPSA) is 59.4 Å². The van der Waals surface area contributed by atoms with Crippen LogP contribution in [0.1, 0.15) is 10.5 Å². The van der Waals surface area contributed by atoms with Gasteiger partial charge in [-0.05, 0) is 48.7 Å². The van der Waals surface area contributed by atoms with Gasteiger partial charge in [-0.3, -0.25) is 9.36 Å². The fraction of sp³-hybridized carbons (Fsp3) is 0.238. The first-order valence-electron chi connectivity index (χ1n) is 9.38. The fourth-order valence-electron chi connectivity index (χ4n) is 3.32. The van der Waals surface area contributed by atoms with E-state index in [1.807, 2.05) is 11.2 Å². The van der Waals surface area contributed by atoms with Gasteiger partial charge in [0.25, 0.3) is 5.91 Å². The molecule has 6 nitrogen and oxygen atoms in total. The zero-order valence-corrected chi connectivity index (χ0v) is 17.1. The molecule has 3 aromatic rings. The lowest BCUT2D eigenvalue weighted by Crippen LogP contribution is -2.36. The Bertz CT molecular complexity index is 1050. The fourth-order valence-corrected chi connectivity index (χ4v) is 3.86. The number of benzene rings is 2. The molecule has 1 aliphatic rings. The van der Waals surface area contributed by atoms with E-state index in [0.717, 1.165) is 0 Å². The lowest BCUT2D eigenvalue weighted by molar-refractivity contribution is 0.102. The van der Waals surface area contributed by atoms with Crippen LogP contribution in [0.2, 0.25) is 0 Å². The molecule has 1 fully saturated rings. The lowest BCUT2D eigenvalue weighted by Gasteiger charge is -2.29. The molecule has 0 bridgehead atoms. The van der Waals surface area contributed by atoms with E-state index in [9.17, 15) is 13.6 Å². The van der Waals surface area contributed by atoms with Gasteiger partial charge in [0.2, 0.25) is 0 Å². The average Bonchev–Trinajstić information content (AvgIpc) is 3.19. The van der Waals surface area contributed by atoms with E-state index in [1.165, 1.54) is 36.2 Å². The number of halogens is 2. The molecule has 1 aliphatic heterocycles. The predicted octanol–water partition coefficient (Wildman–Crippen LogP) is 3.96. The Morgan fingerprint density at radius 3 is 2.53 bits per heavy atom. The Kier molecular flexibility index (Phi) is 6.01. The van der Waals surface area contributed by atoms with Crippen molar-refractivity contribution in [3.05, 3.63) is 66.0 Å². The van der Waals surface area contributed by atoms with E-state index in [2.05, 4.69) is 10.3 Å². The highest BCUT2D eigenvalue weighted by molar-refractivity contribution is 7.98. The van der Waals surface area contributed by atoms with E-state index < -0.39 is 11.7 Å². The van der Waals surface area contributed by atoms with Crippen molar-refractivity contribution in [3.8, 4) is 5.69 Å². The summed E-state index contributed by atoms with van der Waals surface area (Å²) in [6, 6.07) is 10.4. The van der Waals surface area contributed by atoms with E-state index in [-0.39, 0.29) is 11.5 Å². The number of carbonyl (C=O) groups excluding carboxylic acids is 1. The van der Waals surface area contributed by atoms with Crippen molar-refractivity contribution in [2.24, 2.45) is 0 Å². The molecule has 0 atom stereocenters. The third kappa shape index (κ3) is 4.17. The molecule has 0 saturated carbocycles. The van der Waals surface area contributed by atoms with Crippen LogP contribution >= 0.6 is 11.8 Å². The van der Waals surface area contributed by atoms with Gasteiger partial charge in [0.1, 0.15) is 17.3 Å². The first-order chi connectivity index (χ1) is 14.6. The number of nitrogens with one attached hydrogen (secondary N) is 1. The molecule has 0 radical (unpaired) electrons. The van der Waals surface area contributed by atoms with Crippen LogP contribution in [0.5, 0.6) is 0 Å². The largest absolute Gasteiger partial charge is 0.378 e. The quantitative estimate of drug-likeness (QED) is 0.621. The third-order valence-electron chi connectivity index (χ3n) is 4.79. The number of imidazole rings is 1. The molecule has 1 saturated heterocycles. The minimum absolute atomic E-state index is 0.267. The number of aromatic nitrogens is 2. The second-order valence-corrected chi connectivity index (χ2v) is 7.44. The number of ether oxygens (including phenoxy) is 1. The molecule has 0 aliphatic carbocycles. The van der Waals surface area contributed by atoms with Gasteiger partial charge in [0, 0.05) is 24.5 Å². The van der Waals surface area contributed by atoms with Crippen LogP contribution in [0.3, 0.4) is 0 Å². The van der Waals surface area contributed by atoms with Crippen molar-refractivity contribution in [3.63, 3.8) is 0 Å². The summed E-state index contributed by atoms with van der Waals surface area (Å²) < 4.78 is 34.9. The maximum atomic E-state index is 14.6. The summed E-state index contributed by atoms with van der Waals surface area (Å²) in [5, 5.41) is 3.31. The van der Waals surface area contributed by atoms with Gasteiger partial charge in [0.15, 0.2) is 5.16 Å². The first kappa shape index (κ1) is 20.4. The molecule has 156 valence electrons. The molecule has 4 rings (SSSR count). The summed E-state index contributed by atoms with van der Waals surface area (Å²) in [6.07, 6.45) is 3.28. The number of morpholine rings is 1. The van der Waals surface area contributed by atoms with E-state index in [0.29, 0.717) is 48.5 Å². The number of carbonyl (C=O) groups is 1. The number of thioether (sulfide) groups is 1. The summed E-state index contributed by atoms with van der Waals surface area (Å²) in [5.41, 5.74) is 1.70. The summed E-state index contributed by atoms with van der Waals surface area (Å²) in [6.45, 7) is 2.36. The minimum atomic E-state index is -0.439. The Labute approximate surface area is 176 Å². The molecule has 0 unspecified atom stereocenters.